The maximum absolute atomic E-state index is 12.0. The molecule has 1 amide bonds. The summed E-state index contributed by atoms with van der Waals surface area (Å²) in [6, 6.07) is 2.02. The quantitative estimate of drug-likeness (QED) is 0.827. The third-order valence-electron chi connectivity index (χ3n) is 3.76. The van der Waals surface area contributed by atoms with Gasteiger partial charge in [-0.2, -0.15) is 0 Å². The Morgan fingerprint density at radius 1 is 1.27 bits per heavy atom. The molecule has 0 atom stereocenters. The monoisotopic (exact) mass is 306 g/mol. The molecule has 0 aromatic carbocycles. The number of aromatic nitrogens is 2. The molecule has 1 aromatic heterocycles. The fourth-order valence-electron chi connectivity index (χ4n) is 2.46. The molecule has 0 unspecified atom stereocenters. The molecule has 0 radical (unpaired) electrons. The van der Waals surface area contributed by atoms with E-state index in [-0.39, 0.29) is 12.5 Å². The lowest BCUT2D eigenvalue weighted by Crippen LogP contribution is -2.50. The summed E-state index contributed by atoms with van der Waals surface area (Å²) in [5, 5.41) is 0. The van der Waals surface area contributed by atoms with Gasteiger partial charge in [-0.3, -0.25) is 4.79 Å². The Morgan fingerprint density at radius 3 is 2.55 bits per heavy atom. The molecule has 1 aliphatic heterocycles. The van der Waals surface area contributed by atoms with Crippen LogP contribution in [0.25, 0.3) is 0 Å². The van der Waals surface area contributed by atoms with Gasteiger partial charge >= 0.3 is 0 Å². The van der Waals surface area contributed by atoms with Crippen LogP contribution in [0.4, 0.5) is 5.82 Å². The average Bonchev–Trinajstić information content (AvgIpc) is 2.52. The molecule has 0 N–H and O–H groups in total. The van der Waals surface area contributed by atoms with Crippen LogP contribution < -0.4 is 4.90 Å². The highest BCUT2D eigenvalue weighted by molar-refractivity contribution is 5.77. The van der Waals surface area contributed by atoms with Crippen LogP contribution in [0.2, 0.25) is 0 Å². The molecule has 6 heteroatoms. The maximum Gasteiger partial charge on any atom is 0.248 e. The SMILES string of the molecule is CCOCC(=O)N1CCN(c2cc(C)nc(C(C)C)n2)CC1. The van der Waals surface area contributed by atoms with Gasteiger partial charge in [0.1, 0.15) is 18.2 Å². The van der Waals surface area contributed by atoms with Crippen LogP contribution in [0, 0.1) is 6.92 Å². The summed E-state index contributed by atoms with van der Waals surface area (Å²) >= 11 is 0. The number of carbonyl (C=O) groups is 1. The van der Waals surface area contributed by atoms with Gasteiger partial charge in [-0.05, 0) is 13.8 Å². The Balaban J connectivity index is 1.98. The molecule has 0 bridgehead atoms. The topological polar surface area (TPSA) is 58.6 Å². The number of rotatable bonds is 5. The molecule has 0 saturated carbocycles. The number of hydrogen-bond acceptors (Lipinski definition) is 5. The van der Waals surface area contributed by atoms with E-state index in [1.54, 1.807) is 0 Å². The highest BCUT2D eigenvalue weighted by Crippen LogP contribution is 2.18. The van der Waals surface area contributed by atoms with Gasteiger partial charge in [-0.25, -0.2) is 9.97 Å². The number of aryl methyl sites for hydroxylation is 1. The molecule has 22 heavy (non-hydrogen) atoms. The number of amides is 1. The van der Waals surface area contributed by atoms with Crippen LogP contribution in [-0.2, 0) is 9.53 Å². The van der Waals surface area contributed by atoms with Gasteiger partial charge in [-0.15, -0.1) is 0 Å². The van der Waals surface area contributed by atoms with E-state index in [1.165, 1.54) is 0 Å². The van der Waals surface area contributed by atoms with Crippen molar-refractivity contribution in [1.29, 1.82) is 0 Å². The zero-order valence-electron chi connectivity index (χ0n) is 14.0. The Morgan fingerprint density at radius 2 is 1.95 bits per heavy atom. The molecule has 2 rings (SSSR count). The first-order chi connectivity index (χ1) is 10.5. The summed E-state index contributed by atoms with van der Waals surface area (Å²) in [5.74, 6) is 2.23. The number of carbonyl (C=O) groups excluding carboxylic acids is 1. The van der Waals surface area contributed by atoms with E-state index in [4.69, 9.17) is 4.74 Å². The van der Waals surface area contributed by atoms with Crippen molar-refractivity contribution in [3.63, 3.8) is 0 Å². The van der Waals surface area contributed by atoms with Gasteiger partial charge in [-0.1, -0.05) is 13.8 Å². The van der Waals surface area contributed by atoms with Crippen LogP contribution >= 0.6 is 0 Å². The predicted molar refractivity (Wildman–Crippen MR) is 86.1 cm³/mol. The molecular weight excluding hydrogens is 280 g/mol. The average molecular weight is 306 g/mol. The number of ether oxygens (including phenoxy) is 1. The molecule has 1 saturated heterocycles. The van der Waals surface area contributed by atoms with Crippen molar-refractivity contribution in [2.75, 3.05) is 44.3 Å². The molecule has 122 valence electrons. The van der Waals surface area contributed by atoms with Crippen molar-refractivity contribution in [2.45, 2.75) is 33.6 Å². The second kappa shape index (κ2) is 7.54. The summed E-state index contributed by atoms with van der Waals surface area (Å²) in [6.07, 6.45) is 0. The zero-order chi connectivity index (χ0) is 16.1. The lowest BCUT2D eigenvalue weighted by atomic mass is 10.2. The second-order valence-corrected chi connectivity index (χ2v) is 5.89. The van der Waals surface area contributed by atoms with E-state index in [1.807, 2.05) is 24.8 Å². The zero-order valence-corrected chi connectivity index (χ0v) is 14.0. The number of hydrogen-bond donors (Lipinski definition) is 0. The summed E-state index contributed by atoms with van der Waals surface area (Å²) in [5.41, 5.74) is 0.989. The van der Waals surface area contributed by atoms with Crippen molar-refractivity contribution >= 4 is 11.7 Å². The lowest BCUT2D eigenvalue weighted by molar-refractivity contribution is -0.136. The Bertz CT molecular complexity index is 511. The minimum atomic E-state index is 0.0724. The summed E-state index contributed by atoms with van der Waals surface area (Å²) in [7, 11) is 0. The Labute approximate surface area is 132 Å². The molecule has 0 spiro atoms. The van der Waals surface area contributed by atoms with Gasteiger partial charge < -0.3 is 14.5 Å². The van der Waals surface area contributed by atoms with Gasteiger partial charge in [0, 0.05) is 50.5 Å². The van der Waals surface area contributed by atoms with Crippen molar-refractivity contribution in [1.82, 2.24) is 14.9 Å². The van der Waals surface area contributed by atoms with Crippen LogP contribution in [0.15, 0.2) is 6.07 Å². The number of nitrogens with zero attached hydrogens (tertiary/aromatic N) is 4. The van der Waals surface area contributed by atoms with Crippen molar-refractivity contribution in [3.05, 3.63) is 17.6 Å². The Hall–Kier alpha value is -1.69. The normalized spacial score (nSPS) is 15.5. The first-order valence-electron chi connectivity index (χ1n) is 7.97. The summed E-state index contributed by atoms with van der Waals surface area (Å²) in [6.45, 7) is 11.9. The van der Waals surface area contributed by atoms with Crippen LogP contribution in [0.3, 0.4) is 0 Å². The molecule has 0 aliphatic carbocycles. The van der Waals surface area contributed by atoms with E-state index in [0.717, 1.165) is 30.4 Å². The smallest absolute Gasteiger partial charge is 0.248 e. The summed E-state index contributed by atoms with van der Waals surface area (Å²) < 4.78 is 5.19. The summed E-state index contributed by atoms with van der Waals surface area (Å²) in [4.78, 5) is 25.2. The predicted octanol–water partition coefficient (Wildman–Crippen LogP) is 1.59. The lowest BCUT2D eigenvalue weighted by Gasteiger charge is -2.35. The molecule has 1 aliphatic rings. The molecule has 6 nitrogen and oxygen atoms in total. The van der Waals surface area contributed by atoms with Gasteiger partial charge in [0.05, 0.1) is 0 Å². The molecule has 2 heterocycles. The second-order valence-electron chi connectivity index (χ2n) is 5.89. The van der Waals surface area contributed by atoms with Crippen LogP contribution in [-0.4, -0.2) is 60.2 Å². The van der Waals surface area contributed by atoms with E-state index >= 15 is 0 Å². The van der Waals surface area contributed by atoms with Crippen molar-refractivity contribution < 1.29 is 9.53 Å². The minimum absolute atomic E-state index is 0.0724. The largest absolute Gasteiger partial charge is 0.372 e. The Kier molecular flexibility index (Phi) is 5.71. The first-order valence-corrected chi connectivity index (χ1v) is 7.97. The van der Waals surface area contributed by atoms with E-state index in [2.05, 4.69) is 28.7 Å². The standard InChI is InChI=1S/C16H26N4O2/c1-5-22-11-15(21)20-8-6-19(7-9-20)14-10-13(4)17-16(18-14)12(2)3/h10,12H,5-9,11H2,1-4H3. The third kappa shape index (κ3) is 4.16. The molecular formula is C16H26N4O2. The third-order valence-corrected chi connectivity index (χ3v) is 3.76. The highest BCUT2D eigenvalue weighted by Gasteiger charge is 2.22. The molecule has 1 aromatic rings. The number of anilines is 1. The maximum atomic E-state index is 12.0. The minimum Gasteiger partial charge on any atom is -0.372 e. The highest BCUT2D eigenvalue weighted by atomic mass is 16.5. The van der Waals surface area contributed by atoms with E-state index in [9.17, 15) is 4.79 Å². The van der Waals surface area contributed by atoms with Crippen LogP contribution in [0.1, 0.15) is 38.2 Å². The number of piperazine rings is 1. The van der Waals surface area contributed by atoms with Gasteiger partial charge in [0.25, 0.3) is 0 Å². The van der Waals surface area contributed by atoms with Crippen molar-refractivity contribution in [3.8, 4) is 0 Å². The fourth-order valence-corrected chi connectivity index (χ4v) is 2.46. The fraction of sp³-hybridized carbons (Fsp3) is 0.688. The molecule has 1 fully saturated rings. The van der Waals surface area contributed by atoms with Gasteiger partial charge in [0.2, 0.25) is 5.91 Å². The van der Waals surface area contributed by atoms with Gasteiger partial charge in [0.15, 0.2) is 0 Å². The van der Waals surface area contributed by atoms with E-state index in [0.29, 0.717) is 25.6 Å². The van der Waals surface area contributed by atoms with Crippen LogP contribution in [0.5, 0.6) is 0 Å². The van der Waals surface area contributed by atoms with E-state index < -0.39 is 0 Å². The first kappa shape index (κ1) is 16.7. The van der Waals surface area contributed by atoms with Crippen molar-refractivity contribution in [2.24, 2.45) is 0 Å².